The molecule has 9 nitrogen and oxygen atoms in total. The number of amides is 1. The van der Waals surface area contributed by atoms with Gasteiger partial charge in [-0.05, 0) is 17.5 Å². The lowest BCUT2D eigenvalue weighted by molar-refractivity contribution is -0.380. The number of nitrogens with zero attached hydrogens (tertiary/aromatic N) is 4. The second-order valence-corrected chi connectivity index (χ2v) is 6.07. The van der Waals surface area contributed by atoms with Crippen LogP contribution in [0.3, 0.4) is 0 Å². The third-order valence-electron chi connectivity index (χ3n) is 2.51. The van der Waals surface area contributed by atoms with Crippen LogP contribution in [0.1, 0.15) is 15.6 Å². The van der Waals surface area contributed by atoms with Gasteiger partial charge in [0.1, 0.15) is 0 Å². The van der Waals surface area contributed by atoms with E-state index in [1.165, 1.54) is 29.7 Å². The molecule has 0 aliphatic rings. The third kappa shape index (κ3) is 3.46. The Morgan fingerprint density at radius 3 is 3.00 bits per heavy atom. The number of aromatic nitrogens is 2. The standard InChI is InChI=1S/C12H7N5O4S2/c18-11(12-14-10(16-21-12)8-2-1-5-22-8)15-13-6-7-3-4-9(23-7)17(19)20/h1-6H,(H,15,18)/b13-6+. The van der Waals surface area contributed by atoms with Gasteiger partial charge in [-0.25, -0.2) is 5.43 Å². The van der Waals surface area contributed by atoms with Gasteiger partial charge in [0.25, 0.3) is 0 Å². The number of thiophene rings is 2. The molecule has 0 saturated carbocycles. The van der Waals surface area contributed by atoms with Crippen LogP contribution in [0.5, 0.6) is 0 Å². The van der Waals surface area contributed by atoms with Crippen molar-refractivity contribution in [1.82, 2.24) is 15.6 Å². The minimum atomic E-state index is -0.664. The maximum Gasteiger partial charge on any atom is 0.329 e. The van der Waals surface area contributed by atoms with E-state index < -0.39 is 10.8 Å². The van der Waals surface area contributed by atoms with Crippen molar-refractivity contribution in [2.45, 2.75) is 0 Å². The summed E-state index contributed by atoms with van der Waals surface area (Å²) in [6, 6.07) is 6.53. The Labute approximate surface area is 136 Å². The second-order valence-electron chi connectivity index (χ2n) is 4.03. The Morgan fingerprint density at radius 2 is 2.30 bits per heavy atom. The topological polar surface area (TPSA) is 124 Å². The number of nitro groups is 1. The molecule has 116 valence electrons. The summed E-state index contributed by atoms with van der Waals surface area (Å²) in [5.41, 5.74) is 2.22. The second kappa shape index (κ2) is 6.46. The fourth-order valence-corrected chi connectivity index (χ4v) is 2.88. The van der Waals surface area contributed by atoms with Crippen LogP contribution in [0.15, 0.2) is 39.3 Å². The Hall–Kier alpha value is -2.92. The van der Waals surface area contributed by atoms with Crippen molar-refractivity contribution < 1.29 is 14.2 Å². The molecule has 0 aliphatic heterocycles. The number of carbonyl (C=O) groups is 1. The largest absolute Gasteiger partial charge is 0.329 e. The number of rotatable bonds is 5. The molecule has 0 radical (unpaired) electrons. The first-order chi connectivity index (χ1) is 11.1. The molecular formula is C12H7N5O4S2. The molecule has 0 aliphatic carbocycles. The summed E-state index contributed by atoms with van der Waals surface area (Å²) in [7, 11) is 0. The molecule has 0 bridgehead atoms. The van der Waals surface area contributed by atoms with Crippen molar-refractivity contribution in [3.05, 3.63) is 50.5 Å². The number of hydrogen-bond acceptors (Lipinski definition) is 9. The lowest BCUT2D eigenvalue weighted by atomic mass is 10.4. The summed E-state index contributed by atoms with van der Waals surface area (Å²) in [4.78, 5) is 27.1. The molecule has 0 saturated heterocycles. The highest BCUT2D eigenvalue weighted by Gasteiger charge is 2.16. The zero-order valence-corrected chi connectivity index (χ0v) is 12.8. The zero-order valence-electron chi connectivity index (χ0n) is 11.2. The Kier molecular flexibility index (Phi) is 4.21. The molecule has 0 fully saturated rings. The molecule has 3 rings (SSSR count). The van der Waals surface area contributed by atoms with Gasteiger partial charge in [-0.15, -0.1) is 11.3 Å². The highest BCUT2D eigenvalue weighted by Crippen LogP contribution is 2.22. The average molecular weight is 349 g/mol. The molecule has 11 heteroatoms. The van der Waals surface area contributed by atoms with Gasteiger partial charge >= 0.3 is 16.8 Å². The van der Waals surface area contributed by atoms with Crippen LogP contribution >= 0.6 is 22.7 Å². The van der Waals surface area contributed by atoms with Crippen molar-refractivity contribution in [2.24, 2.45) is 5.10 Å². The van der Waals surface area contributed by atoms with E-state index in [0.717, 1.165) is 16.2 Å². The summed E-state index contributed by atoms with van der Waals surface area (Å²) < 4.78 is 4.86. The quantitative estimate of drug-likeness (QED) is 0.429. The number of carbonyl (C=O) groups excluding carboxylic acids is 1. The van der Waals surface area contributed by atoms with Gasteiger partial charge in [0.05, 0.1) is 20.9 Å². The summed E-state index contributed by atoms with van der Waals surface area (Å²) in [6.45, 7) is 0. The van der Waals surface area contributed by atoms with Crippen molar-refractivity contribution in [3.63, 3.8) is 0 Å². The molecule has 0 atom stereocenters. The van der Waals surface area contributed by atoms with Crippen LogP contribution in [0.2, 0.25) is 0 Å². The van der Waals surface area contributed by atoms with E-state index in [4.69, 9.17) is 4.52 Å². The Balaban J connectivity index is 1.63. The molecule has 1 N–H and O–H groups in total. The summed E-state index contributed by atoms with van der Waals surface area (Å²) >= 11 is 2.36. The fourth-order valence-electron chi connectivity index (χ4n) is 1.53. The highest BCUT2D eigenvalue weighted by atomic mass is 32.1. The summed E-state index contributed by atoms with van der Waals surface area (Å²) in [5, 5.41) is 19.8. The van der Waals surface area contributed by atoms with Crippen molar-refractivity contribution >= 4 is 39.8 Å². The van der Waals surface area contributed by atoms with Crippen LogP contribution in [-0.4, -0.2) is 27.2 Å². The molecule has 0 spiro atoms. The molecule has 0 unspecified atom stereocenters. The van der Waals surface area contributed by atoms with Crippen molar-refractivity contribution in [1.29, 1.82) is 0 Å². The SMILES string of the molecule is O=C(N/N=C/c1ccc([N+](=O)[O-])s1)c1nc(-c2cccs2)no1. The van der Waals surface area contributed by atoms with Gasteiger partial charge < -0.3 is 4.52 Å². The van der Waals surface area contributed by atoms with Gasteiger partial charge in [-0.3, -0.25) is 14.9 Å². The van der Waals surface area contributed by atoms with E-state index in [2.05, 4.69) is 20.7 Å². The first kappa shape index (κ1) is 15.0. The van der Waals surface area contributed by atoms with Gasteiger partial charge in [-0.1, -0.05) is 22.6 Å². The summed E-state index contributed by atoms with van der Waals surface area (Å²) in [6.07, 6.45) is 1.30. The number of hydrogen-bond donors (Lipinski definition) is 1. The van der Waals surface area contributed by atoms with Crippen LogP contribution in [0, 0.1) is 10.1 Å². The van der Waals surface area contributed by atoms with Crippen LogP contribution in [0.25, 0.3) is 10.7 Å². The van der Waals surface area contributed by atoms with Gasteiger partial charge in [0.2, 0.25) is 5.82 Å². The summed E-state index contributed by atoms with van der Waals surface area (Å²) in [5.74, 6) is -0.562. The normalized spacial score (nSPS) is 11.0. The first-order valence-electron chi connectivity index (χ1n) is 6.08. The van der Waals surface area contributed by atoms with E-state index in [1.54, 1.807) is 6.07 Å². The molecule has 3 aromatic heterocycles. The van der Waals surface area contributed by atoms with E-state index >= 15 is 0 Å². The predicted molar refractivity (Wildman–Crippen MR) is 83.6 cm³/mol. The minimum absolute atomic E-state index is 0.00438. The van der Waals surface area contributed by atoms with E-state index in [9.17, 15) is 14.9 Å². The minimum Gasteiger partial charge on any atom is -0.328 e. The van der Waals surface area contributed by atoms with E-state index in [0.29, 0.717) is 10.7 Å². The lowest BCUT2D eigenvalue weighted by Gasteiger charge is -1.91. The van der Waals surface area contributed by atoms with Crippen LogP contribution in [-0.2, 0) is 0 Å². The predicted octanol–water partition coefficient (Wildman–Crippen LogP) is 2.53. The van der Waals surface area contributed by atoms with Crippen molar-refractivity contribution in [2.75, 3.05) is 0 Å². The van der Waals surface area contributed by atoms with Crippen LogP contribution in [0.4, 0.5) is 5.00 Å². The fraction of sp³-hybridized carbons (Fsp3) is 0. The molecular weight excluding hydrogens is 342 g/mol. The zero-order chi connectivity index (χ0) is 16.2. The molecule has 3 heterocycles. The maximum atomic E-state index is 11.8. The molecule has 1 amide bonds. The van der Waals surface area contributed by atoms with E-state index in [-0.39, 0.29) is 10.9 Å². The number of hydrazone groups is 1. The molecule has 3 aromatic rings. The Bertz CT molecular complexity index is 868. The highest BCUT2D eigenvalue weighted by molar-refractivity contribution is 7.16. The monoisotopic (exact) mass is 349 g/mol. The molecule has 0 aromatic carbocycles. The number of nitrogens with one attached hydrogen (secondary N) is 1. The lowest BCUT2D eigenvalue weighted by Crippen LogP contribution is -2.17. The maximum absolute atomic E-state index is 11.8. The van der Waals surface area contributed by atoms with Gasteiger partial charge in [0.15, 0.2) is 0 Å². The smallest absolute Gasteiger partial charge is 0.328 e. The third-order valence-corrected chi connectivity index (χ3v) is 4.35. The van der Waals surface area contributed by atoms with Crippen molar-refractivity contribution in [3.8, 4) is 10.7 Å². The Morgan fingerprint density at radius 1 is 1.43 bits per heavy atom. The average Bonchev–Trinajstić information content (AvgIpc) is 3.27. The molecule has 23 heavy (non-hydrogen) atoms. The van der Waals surface area contributed by atoms with Gasteiger partial charge in [0, 0.05) is 6.07 Å². The first-order valence-corrected chi connectivity index (χ1v) is 7.78. The van der Waals surface area contributed by atoms with Gasteiger partial charge in [-0.2, -0.15) is 10.1 Å². The van der Waals surface area contributed by atoms with Crippen LogP contribution < -0.4 is 5.43 Å². The van der Waals surface area contributed by atoms with E-state index in [1.807, 2.05) is 11.4 Å².